The minimum absolute atomic E-state index is 0.222. The zero-order chi connectivity index (χ0) is 12.8. The van der Waals surface area contributed by atoms with Crippen LogP contribution >= 0.6 is 0 Å². The summed E-state index contributed by atoms with van der Waals surface area (Å²) in [7, 11) is -3.68. The van der Waals surface area contributed by atoms with Gasteiger partial charge < -0.3 is 4.74 Å². The quantitative estimate of drug-likeness (QED) is 0.782. The van der Waals surface area contributed by atoms with Gasteiger partial charge in [-0.05, 0) is 37.8 Å². The first-order chi connectivity index (χ1) is 8.52. The number of hydrogen-bond acceptors (Lipinski definition) is 4. The summed E-state index contributed by atoms with van der Waals surface area (Å²) in [5.41, 5.74) is 0.432. The Morgan fingerprint density at radius 1 is 1.22 bits per heavy atom. The lowest BCUT2D eigenvalue weighted by Gasteiger charge is -2.40. The molecule has 5 heteroatoms. The summed E-state index contributed by atoms with van der Waals surface area (Å²) in [4.78, 5) is 0.222. The van der Waals surface area contributed by atoms with E-state index in [0.29, 0.717) is 19.1 Å². The highest BCUT2D eigenvalue weighted by Crippen LogP contribution is 2.47. The van der Waals surface area contributed by atoms with Crippen molar-refractivity contribution in [2.45, 2.75) is 30.3 Å². The van der Waals surface area contributed by atoms with Crippen molar-refractivity contribution in [3.05, 3.63) is 29.8 Å². The van der Waals surface area contributed by atoms with Crippen molar-refractivity contribution in [1.29, 1.82) is 0 Å². The zero-order valence-electron chi connectivity index (χ0n) is 10.3. The first-order valence-corrected chi connectivity index (χ1v) is 7.53. The van der Waals surface area contributed by atoms with E-state index in [2.05, 4.69) is 0 Å². The van der Waals surface area contributed by atoms with Crippen molar-refractivity contribution in [3.63, 3.8) is 0 Å². The van der Waals surface area contributed by atoms with Crippen molar-refractivity contribution in [2.75, 3.05) is 13.2 Å². The van der Waals surface area contributed by atoms with Crippen LogP contribution in [0, 0.1) is 12.8 Å². The highest BCUT2D eigenvalue weighted by atomic mass is 32.2. The maximum atomic E-state index is 12.2. The number of rotatable bonds is 4. The Balaban J connectivity index is 1.84. The SMILES string of the molecule is Cc1ccc(S(=O)(=O)OC2(C3CC3)COC2)cc1. The molecule has 1 saturated carbocycles. The maximum Gasteiger partial charge on any atom is 0.297 e. The molecule has 98 valence electrons. The second-order valence-corrected chi connectivity index (χ2v) is 6.73. The Bertz CT molecular complexity index is 539. The Hall–Kier alpha value is -0.910. The van der Waals surface area contributed by atoms with Crippen LogP contribution in [-0.2, 0) is 19.0 Å². The van der Waals surface area contributed by atoms with Crippen molar-refractivity contribution in [1.82, 2.24) is 0 Å². The molecule has 0 spiro atoms. The van der Waals surface area contributed by atoms with Gasteiger partial charge >= 0.3 is 0 Å². The molecule has 0 unspecified atom stereocenters. The normalized spacial score (nSPS) is 22.5. The molecule has 0 atom stereocenters. The van der Waals surface area contributed by atoms with Crippen LogP contribution in [0.1, 0.15) is 18.4 Å². The largest absolute Gasteiger partial charge is 0.375 e. The summed E-state index contributed by atoms with van der Waals surface area (Å²) in [6, 6.07) is 6.73. The molecule has 4 nitrogen and oxygen atoms in total. The molecule has 0 radical (unpaired) electrons. The lowest BCUT2D eigenvalue weighted by molar-refractivity contribution is -0.170. The molecular weight excluding hydrogens is 252 g/mol. The van der Waals surface area contributed by atoms with Gasteiger partial charge in [-0.3, -0.25) is 4.18 Å². The summed E-state index contributed by atoms with van der Waals surface area (Å²) in [6.07, 6.45) is 2.07. The maximum absolute atomic E-state index is 12.2. The number of benzene rings is 1. The number of hydrogen-bond donors (Lipinski definition) is 0. The molecule has 1 heterocycles. The third-order valence-corrected chi connectivity index (χ3v) is 5.00. The molecule has 3 rings (SSSR count). The molecular formula is C13H16O4S. The molecule has 1 aliphatic carbocycles. The van der Waals surface area contributed by atoms with Gasteiger partial charge in [0, 0.05) is 0 Å². The number of ether oxygens (including phenoxy) is 1. The standard InChI is InChI=1S/C13H16O4S/c1-10-2-6-12(7-3-10)18(14,15)17-13(8-16-9-13)11-4-5-11/h2-3,6-7,11H,4-5,8-9H2,1H3. The Morgan fingerprint density at radius 3 is 2.28 bits per heavy atom. The highest BCUT2D eigenvalue weighted by molar-refractivity contribution is 7.86. The summed E-state index contributed by atoms with van der Waals surface area (Å²) >= 11 is 0. The average Bonchev–Trinajstić information content (AvgIpc) is 3.08. The van der Waals surface area contributed by atoms with Crippen molar-refractivity contribution >= 4 is 10.1 Å². The molecule has 1 aromatic rings. The Labute approximate surface area is 107 Å². The summed E-state index contributed by atoms with van der Waals surface area (Å²) < 4.78 is 35.0. The second-order valence-electron chi connectivity index (χ2n) is 5.18. The van der Waals surface area contributed by atoms with Crippen molar-refractivity contribution in [3.8, 4) is 0 Å². The van der Waals surface area contributed by atoms with Crippen LogP contribution < -0.4 is 0 Å². The lowest BCUT2D eigenvalue weighted by Crippen LogP contribution is -2.54. The molecule has 18 heavy (non-hydrogen) atoms. The fraction of sp³-hybridized carbons (Fsp3) is 0.538. The van der Waals surface area contributed by atoms with Gasteiger partial charge in [-0.2, -0.15) is 8.42 Å². The van der Waals surface area contributed by atoms with Gasteiger partial charge in [0.2, 0.25) is 0 Å². The minimum Gasteiger partial charge on any atom is -0.375 e. The molecule has 0 aromatic heterocycles. The van der Waals surface area contributed by atoms with Crippen LogP contribution in [0.4, 0.5) is 0 Å². The monoisotopic (exact) mass is 268 g/mol. The topological polar surface area (TPSA) is 52.6 Å². The third kappa shape index (κ3) is 2.06. The van der Waals surface area contributed by atoms with Gasteiger partial charge in [0.05, 0.1) is 18.1 Å². The third-order valence-electron chi connectivity index (χ3n) is 3.60. The molecule has 1 saturated heterocycles. The van der Waals surface area contributed by atoms with E-state index in [1.54, 1.807) is 24.3 Å². The van der Waals surface area contributed by atoms with E-state index in [0.717, 1.165) is 18.4 Å². The second kappa shape index (κ2) is 4.05. The zero-order valence-corrected chi connectivity index (χ0v) is 11.1. The summed E-state index contributed by atoms with van der Waals surface area (Å²) in [5, 5.41) is 0. The molecule has 0 bridgehead atoms. The predicted molar refractivity (Wildman–Crippen MR) is 65.7 cm³/mol. The molecule has 0 amide bonds. The fourth-order valence-corrected chi connectivity index (χ4v) is 3.47. The summed E-state index contributed by atoms with van der Waals surface area (Å²) in [5.74, 6) is 0.339. The van der Waals surface area contributed by atoms with Crippen molar-refractivity contribution < 1.29 is 17.3 Å². The van der Waals surface area contributed by atoms with Gasteiger partial charge in [0.25, 0.3) is 10.1 Å². The minimum atomic E-state index is -3.68. The van der Waals surface area contributed by atoms with Crippen LogP contribution in [0.2, 0.25) is 0 Å². The average molecular weight is 268 g/mol. The van der Waals surface area contributed by atoms with Crippen LogP contribution in [0.5, 0.6) is 0 Å². The van der Waals surface area contributed by atoms with Gasteiger partial charge in [-0.15, -0.1) is 0 Å². The van der Waals surface area contributed by atoms with Crippen LogP contribution in [0.25, 0.3) is 0 Å². The van der Waals surface area contributed by atoms with Crippen LogP contribution in [0.15, 0.2) is 29.2 Å². The molecule has 2 fully saturated rings. The van der Waals surface area contributed by atoms with E-state index in [1.165, 1.54) is 0 Å². The molecule has 1 aliphatic heterocycles. The first kappa shape index (κ1) is 12.1. The highest BCUT2D eigenvalue weighted by Gasteiger charge is 2.54. The van der Waals surface area contributed by atoms with Crippen LogP contribution in [0.3, 0.4) is 0 Å². The lowest BCUT2D eigenvalue weighted by atomic mass is 9.96. The van der Waals surface area contributed by atoms with E-state index >= 15 is 0 Å². The first-order valence-electron chi connectivity index (χ1n) is 6.12. The molecule has 0 N–H and O–H groups in total. The summed E-state index contributed by atoms with van der Waals surface area (Å²) in [6.45, 7) is 2.70. The number of aryl methyl sites for hydroxylation is 1. The van der Waals surface area contributed by atoms with Crippen LogP contribution in [-0.4, -0.2) is 27.2 Å². The van der Waals surface area contributed by atoms with Gasteiger partial charge in [0.15, 0.2) is 0 Å². The molecule has 1 aromatic carbocycles. The smallest absolute Gasteiger partial charge is 0.297 e. The Morgan fingerprint density at radius 2 is 1.83 bits per heavy atom. The van der Waals surface area contributed by atoms with E-state index in [1.807, 2.05) is 6.92 Å². The van der Waals surface area contributed by atoms with E-state index in [-0.39, 0.29) is 4.90 Å². The van der Waals surface area contributed by atoms with Gasteiger partial charge in [0.1, 0.15) is 5.60 Å². The molecule has 2 aliphatic rings. The van der Waals surface area contributed by atoms with E-state index < -0.39 is 15.7 Å². The predicted octanol–water partition coefficient (Wildman–Crippen LogP) is 1.88. The van der Waals surface area contributed by atoms with Gasteiger partial charge in [-0.25, -0.2) is 0 Å². The van der Waals surface area contributed by atoms with Gasteiger partial charge in [-0.1, -0.05) is 17.7 Å². The van der Waals surface area contributed by atoms with E-state index in [9.17, 15) is 8.42 Å². The Kier molecular flexibility index (Phi) is 2.73. The van der Waals surface area contributed by atoms with Crippen molar-refractivity contribution in [2.24, 2.45) is 5.92 Å². The fourth-order valence-electron chi connectivity index (χ4n) is 2.24. The van der Waals surface area contributed by atoms with E-state index in [4.69, 9.17) is 8.92 Å².